The van der Waals surface area contributed by atoms with E-state index in [1.165, 1.54) is 4.68 Å². The fraction of sp³-hybridized carbons (Fsp3) is 0.692. The van der Waals surface area contributed by atoms with E-state index in [0.29, 0.717) is 11.0 Å². The molecule has 1 saturated carbocycles. The summed E-state index contributed by atoms with van der Waals surface area (Å²) in [6, 6.07) is 0. The number of hydrogen-bond acceptors (Lipinski definition) is 2. The van der Waals surface area contributed by atoms with Crippen LogP contribution in [0.25, 0.3) is 0 Å². The van der Waals surface area contributed by atoms with Crippen molar-refractivity contribution in [2.75, 3.05) is 6.54 Å². The van der Waals surface area contributed by atoms with Crippen molar-refractivity contribution in [3.05, 3.63) is 15.9 Å². The largest absolute Gasteiger partial charge is 0.354 e. The van der Waals surface area contributed by atoms with E-state index in [0.717, 1.165) is 31.4 Å². The summed E-state index contributed by atoms with van der Waals surface area (Å²) in [7, 11) is 0. The second-order valence-corrected chi connectivity index (χ2v) is 5.81. The van der Waals surface area contributed by atoms with Gasteiger partial charge in [-0.25, -0.2) is 8.78 Å². The molecule has 112 valence electrons. The van der Waals surface area contributed by atoms with Crippen molar-refractivity contribution in [3.8, 4) is 0 Å². The molecule has 7 heteroatoms. The molecule has 0 saturated heterocycles. The summed E-state index contributed by atoms with van der Waals surface area (Å²) in [6.07, 6.45) is 1.20. The molecule has 0 atom stereocenters. The van der Waals surface area contributed by atoms with Crippen LogP contribution < -0.4 is 5.32 Å². The highest BCUT2D eigenvalue weighted by atomic mass is 79.9. The van der Waals surface area contributed by atoms with Gasteiger partial charge < -0.3 is 5.32 Å². The summed E-state index contributed by atoms with van der Waals surface area (Å²) in [5.41, 5.74) is 0.458. The summed E-state index contributed by atoms with van der Waals surface area (Å²) in [5, 5.41) is 6.67. The van der Waals surface area contributed by atoms with E-state index in [4.69, 9.17) is 0 Å². The maximum Gasteiger partial charge on any atom is 0.283 e. The molecule has 0 unspecified atom stereocenters. The average Bonchev–Trinajstić information content (AvgIpc) is 3.15. The molecule has 1 aromatic heterocycles. The molecule has 1 aliphatic carbocycles. The number of amides is 1. The molecule has 20 heavy (non-hydrogen) atoms. The first-order valence-electron chi connectivity index (χ1n) is 6.85. The molecule has 1 N–H and O–H groups in total. The molecule has 1 fully saturated rings. The summed E-state index contributed by atoms with van der Waals surface area (Å²) in [5.74, 6) is 0.0592. The second-order valence-electron chi connectivity index (χ2n) is 5.02. The van der Waals surface area contributed by atoms with E-state index in [1.54, 1.807) is 0 Å². The van der Waals surface area contributed by atoms with Crippen molar-refractivity contribution in [2.24, 2.45) is 0 Å². The van der Waals surface area contributed by atoms with Gasteiger partial charge in [-0.2, -0.15) is 5.10 Å². The molecular weight excluding hydrogens is 332 g/mol. The first kappa shape index (κ1) is 15.4. The van der Waals surface area contributed by atoms with Gasteiger partial charge in [0.15, 0.2) is 0 Å². The third-order valence-electron chi connectivity index (χ3n) is 3.27. The van der Waals surface area contributed by atoms with Crippen molar-refractivity contribution in [2.45, 2.75) is 51.5 Å². The lowest BCUT2D eigenvalue weighted by molar-refractivity contribution is -0.121. The van der Waals surface area contributed by atoms with Crippen LogP contribution in [0.1, 0.15) is 56.3 Å². The van der Waals surface area contributed by atoms with Crippen molar-refractivity contribution >= 4 is 21.8 Å². The van der Waals surface area contributed by atoms with Gasteiger partial charge in [0.05, 0.1) is 10.2 Å². The zero-order valence-corrected chi connectivity index (χ0v) is 12.9. The molecule has 4 nitrogen and oxygen atoms in total. The minimum Gasteiger partial charge on any atom is -0.354 e. The predicted octanol–water partition coefficient (Wildman–Crippen LogP) is 3.38. The molecule has 1 aliphatic rings. The quantitative estimate of drug-likeness (QED) is 0.767. The van der Waals surface area contributed by atoms with Gasteiger partial charge in [-0.05, 0) is 35.2 Å². The molecule has 0 aliphatic heterocycles. The van der Waals surface area contributed by atoms with Crippen LogP contribution in [0, 0.1) is 0 Å². The van der Waals surface area contributed by atoms with Gasteiger partial charge in [0.1, 0.15) is 12.2 Å². The highest BCUT2D eigenvalue weighted by Gasteiger charge is 2.33. The van der Waals surface area contributed by atoms with E-state index in [9.17, 15) is 13.6 Å². The topological polar surface area (TPSA) is 46.9 Å². The van der Waals surface area contributed by atoms with Crippen LogP contribution in [0.2, 0.25) is 0 Å². The standard InChI is InChI=1S/C13H18BrF2N3O/c1-2-3-6-17-9(20)7-19-12(8-4-5-8)10(14)11(18-19)13(15)16/h8,13H,2-7H2,1H3,(H,17,20). The Kier molecular flexibility index (Phi) is 5.12. The Morgan fingerprint density at radius 1 is 1.55 bits per heavy atom. The zero-order chi connectivity index (χ0) is 14.7. The third kappa shape index (κ3) is 3.56. The zero-order valence-electron chi connectivity index (χ0n) is 11.3. The molecule has 0 spiro atoms. The SMILES string of the molecule is CCCCNC(=O)Cn1nc(C(F)F)c(Br)c1C1CC1. The maximum absolute atomic E-state index is 12.9. The second kappa shape index (κ2) is 6.65. The van der Waals surface area contributed by atoms with Crippen LogP contribution in [0.5, 0.6) is 0 Å². The number of rotatable bonds is 7. The maximum atomic E-state index is 12.9. The van der Waals surface area contributed by atoms with E-state index in [-0.39, 0.29) is 24.1 Å². The van der Waals surface area contributed by atoms with Crippen LogP contribution in [0.3, 0.4) is 0 Å². The van der Waals surface area contributed by atoms with Crippen molar-refractivity contribution in [1.82, 2.24) is 15.1 Å². The molecular formula is C13H18BrF2N3O. The lowest BCUT2D eigenvalue weighted by Crippen LogP contribution is -2.29. The lowest BCUT2D eigenvalue weighted by atomic mass is 10.2. The molecule has 0 bridgehead atoms. The Bertz CT molecular complexity index is 486. The predicted molar refractivity (Wildman–Crippen MR) is 74.8 cm³/mol. The van der Waals surface area contributed by atoms with Crippen LogP contribution in [-0.4, -0.2) is 22.2 Å². The minimum absolute atomic E-state index is 0.000861. The number of alkyl halides is 2. The number of nitrogens with zero attached hydrogens (tertiary/aromatic N) is 2. The van der Waals surface area contributed by atoms with Gasteiger partial charge in [-0.15, -0.1) is 0 Å². The van der Waals surface area contributed by atoms with Gasteiger partial charge >= 0.3 is 0 Å². The molecule has 1 amide bonds. The summed E-state index contributed by atoms with van der Waals surface area (Å²) >= 11 is 3.20. The molecule has 0 radical (unpaired) electrons. The summed E-state index contributed by atoms with van der Waals surface area (Å²) in [6.45, 7) is 2.65. The Balaban J connectivity index is 2.10. The fourth-order valence-corrected chi connectivity index (χ4v) is 2.86. The monoisotopic (exact) mass is 349 g/mol. The van der Waals surface area contributed by atoms with E-state index in [2.05, 4.69) is 26.3 Å². The highest BCUT2D eigenvalue weighted by Crippen LogP contribution is 2.45. The third-order valence-corrected chi connectivity index (χ3v) is 4.09. The Morgan fingerprint density at radius 3 is 2.80 bits per heavy atom. The van der Waals surface area contributed by atoms with Crippen LogP contribution in [0.15, 0.2) is 4.47 Å². The van der Waals surface area contributed by atoms with Gasteiger partial charge in [0.25, 0.3) is 6.43 Å². The molecule has 2 rings (SSSR count). The lowest BCUT2D eigenvalue weighted by Gasteiger charge is -2.07. The Morgan fingerprint density at radius 2 is 2.25 bits per heavy atom. The van der Waals surface area contributed by atoms with Gasteiger partial charge in [-0.1, -0.05) is 13.3 Å². The Labute approximate surface area is 125 Å². The summed E-state index contributed by atoms with van der Waals surface area (Å²) < 4.78 is 27.5. The molecule has 0 aromatic carbocycles. The number of unbranched alkanes of at least 4 members (excludes halogenated alkanes) is 1. The van der Waals surface area contributed by atoms with Gasteiger partial charge in [-0.3, -0.25) is 9.48 Å². The normalized spacial score (nSPS) is 14.8. The summed E-state index contributed by atoms with van der Waals surface area (Å²) in [4.78, 5) is 11.8. The Hall–Kier alpha value is -0.980. The van der Waals surface area contributed by atoms with E-state index >= 15 is 0 Å². The van der Waals surface area contributed by atoms with E-state index < -0.39 is 6.43 Å². The number of carbonyl (C=O) groups is 1. The van der Waals surface area contributed by atoms with Gasteiger partial charge in [0.2, 0.25) is 5.91 Å². The van der Waals surface area contributed by atoms with E-state index in [1.807, 2.05) is 6.92 Å². The number of aromatic nitrogens is 2. The number of nitrogens with one attached hydrogen (secondary N) is 1. The fourth-order valence-electron chi connectivity index (χ4n) is 2.08. The number of carbonyl (C=O) groups excluding carboxylic acids is 1. The number of halogens is 3. The van der Waals surface area contributed by atoms with Crippen LogP contribution in [0.4, 0.5) is 8.78 Å². The molecule has 1 heterocycles. The molecule has 1 aromatic rings. The van der Waals surface area contributed by atoms with Crippen molar-refractivity contribution in [1.29, 1.82) is 0 Å². The first-order chi connectivity index (χ1) is 9.54. The highest BCUT2D eigenvalue weighted by molar-refractivity contribution is 9.10. The minimum atomic E-state index is -2.63. The first-order valence-corrected chi connectivity index (χ1v) is 7.64. The van der Waals surface area contributed by atoms with Crippen LogP contribution >= 0.6 is 15.9 Å². The smallest absolute Gasteiger partial charge is 0.283 e. The van der Waals surface area contributed by atoms with Crippen molar-refractivity contribution in [3.63, 3.8) is 0 Å². The van der Waals surface area contributed by atoms with Crippen LogP contribution in [-0.2, 0) is 11.3 Å². The average molecular weight is 350 g/mol. The van der Waals surface area contributed by atoms with Gasteiger partial charge in [0, 0.05) is 12.5 Å². The number of hydrogen-bond donors (Lipinski definition) is 1. The van der Waals surface area contributed by atoms with Crippen molar-refractivity contribution < 1.29 is 13.6 Å².